The maximum Gasteiger partial charge on any atom is 0.481 e. The second-order valence-corrected chi connectivity index (χ2v) is 19.8. The number of carbonyl (C=O) groups is 2. The maximum atomic E-state index is 12.8. The number of rotatable bonds is 39. The quantitative estimate of drug-likeness (QED) is 0.0118. The summed E-state index contributed by atoms with van der Waals surface area (Å²) in [5, 5.41) is 30.7. The number of hydrogen-bond donors (Lipinski definition) is 6. The van der Waals surface area contributed by atoms with Gasteiger partial charge in [-0.15, -0.1) is 0 Å². The highest BCUT2D eigenvalue weighted by atomic mass is 31.3. The van der Waals surface area contributed by atoms with Gasteiger partial charge in [0, 0.05) is 19.0 Å². The molecule has 1 aromatic heterocycles. The molecule has 73 heavy (non-hydrogen) atoms. The van der Waals surface area contributed by atoms with Gasteiger partial charge in [-0.1, -0.05) is 136 Å². The van der Waals surface area contributed by atoms with E-state index in [0.29, 0.717) is 38.5 Å². The van der Waals surface area contributed by atoms with Crippen LogP contribution < -0.4 is 11.4 Å². The number of ether oxygens (including phenoxy) is 3. The Morgan fingerprint density at radius 1 is 0.740 bits per heavy atom. The summed E-state index contributed by atoms with van der Waals surface area (Å²) in [4.78, 5) is 61.8. The molecule has 0 aromatic carbocycles. The van der Waals surface area contributed by atoms with Crippen LogP contribution in [0.5, 0.6) is 0 Å². The van der Waals surface area contributed by atoms with Crippen molar-refractivity contribution in [1.29, 1.82) is 0 Å². The Bertz CT molecular complexity index is 2170. The molecule has 2 rings (SSSR count). The number of aliphatic hydroxyl groups is 3. The van der Waals surface area contributed by atoms with E-state index in [-0.39, 0.29) is 18.7 Å². The molecule has 1 aliphatic rings. The second kappa shape index (κ2) is 38.9. The maximum absolute atomic E-state index is 12.8. The lowest BCUT2D eigenvalue weighted by atomic mass is 10.1. The van der Waals surface area contributed by atoms with Gasteiger partial charge in [-0.25, -0.2) is 13.9 Å². The summed E-state index contributed by atoms with van der Waals surface area (Å²) in [6.45, 7) is 1.76. The van der Waals surface area contributed by atoms with Gasteiger partial charge in [0.05, 0.1) is 19.3 Å². The van der Waals surface area contributed by atoms with E-state index in [1.165, 1.54) is 25.3 Å². The number of nitrogens with zero attached hydrogens (tertiary/aromatic N) is 2. The first-order chi connectivity index (χ1) is 35.1. The Morgan fingerprint density at radius 2 is 1.29 bits per heavy atom. The minimum atomic E-state index is -5.46. The summed E-state index contributed by atoms with van der Waals surface area (Å²) >= 11 is 0. The standard InChI is InChI=1S/C52H79N3O16P2/c1-3-5-7-8-9-10-11-12-13-14-15-16-21-24-27-30-33-37-48(58)69-44(40-66-47(57)36-32-29-26-23-20-18-17-19-22-25-28-31-35-43(56)34-6-4-2)41-67-72(62,63)71-73(64,65)68-42-45-49(59)50(60)51(70-45)55-39-38-46(53)54-52(55)61/h6,9-10,12-13,15-18,22-28,31,34,38-39,43-45,49-51,56,59-60H,3-5,7-8,11,14,19-21,29-30,32-33,35-37,40-42H2,1-2H3,(H,62,63)(H,64,65)(H2,53,54,61)/b10-9-,13-12-,16-15-,18-17-,25-22-,26-23-,27-24-,31-28+,34-6-/t43?,44-,45-,49-,50-,51-/m1/s1. The van der Waals surface area contributed by atoms with Crippen molar-refractivity contribution in [3.8, 4) is 0 Å². The third-order valence-corrected chi connectivity index (χ3v) is 13.0. The van der Waals surface area contributed by atoms with Crippen LogP contribution in [0, 0.1) is 0 Å². The molecule has 2 heterocycles. The van der Waals surface area contributed by atoms with Crippen molar-refractivity contribution in [3.05, 3.63) is 132 Å². The molecule has 19 nitrogen and oxygen atoms in total. The summed E-state index contributed by atoms with van der Waals surface area (Å²) in [6, 6.07) is 1.24. The van der Waals surface area contributed by atoms with Crippen LogP contribution in [0.15, 0.2) is 126 Å². The van der Waals surface area contributed by atoms with Crippen LogP contribution in [0.3, 0.4) is 0 Å². The van der Waals surface area contributed by atoms with E-state index in [0.717, 1.165) is 49.3 Å². The summed E-state index contributed by atoms with van der Waals surface area (Å²) in [5.74, 6) is -1.48. The van der Waals surface area contributed by atoms with E-state index in [4.69, 9.17) is 29.0 Å². The number of allylic oxidation sites excluding steroid dienone is 16. The first-order valence-corrected chi connectivity index (χ1v) is 28.0. The summed E-state index contributed by atoms with van der Waals surface area (Å²) in [5.41, 5.74) is 4.57. The van der Waals surface area contributed by atoms with Crippen LogP contribution in [0.2, 0.25) is 0 Å². The highest BCUT2D eigenvalue weighted by Crippen LogP contribution is 2.60. The van der Waals surface area contributed by atoms with Crippen LogP contribution in [-0.4, -0.2) is 96.9 Å². The number of carbonyl (C=O) groups excluding carboxylic acids is 2. The molecule has 1 saturated heterocycles. The number of anilines is 1. The Morgan fingerprint density at radius 3 is 1.88 bits per heavy atom. The fourth-order valence-electron chi connectivity index (χ4n) is 6.54. The van der Waals surface area contributed by atoms with Gasteiger partial charge in [0.25, 0.3) is 0 Å². The molecule has 0 spiro atoms. The highest BCUT2D eigenvalue weighted by Gasteiger charge is 2.46. The summed E-state index contributed by atoms with van der Waals surface area (Å²) < 4.78 is 56.6. The van der Waals surface area contributed by atoms with Crippen molar-refractivity contribution in [2.24, 2.45) is 0 Å². The van der Waals surface area contributed by atoms with E-state index in [2.05, 4.69) is 46.6 Å². The molecule has 1 aromatic rings. The van der Waals surface area contributed by atoms with Gasteiger partial charge >= 0.3 is 33.3 Å². The topological polar surface area (TPSA) is 286 Å². The lowest BCUT2D eigenvalue weighted by Gasteiger charge is -2.21. The number of nitrogens with two attached hydrogens (primary N) is 1. The third kappa shape index (κ3) is 31.7. The Labute approximate surface area is 430 Å². The van der Waals surface area contributed by atoms with Crippen LogP contribution >= 0.6 is 15.6 Å². The van der Waals surface area contributed by atoms with Crippen molar-refractivity contribution >= 4 is 33.4 Å². The molecule has 1 aliphatic heterocycles. The highest BCUT2D eigenvalue weighted by molar-refractivity contribution is 7.61. The minimum absolute atomic E-state index is 0.0123. The fourth-order valence-corrected chi connectivity index (χ4v) is 8.65. The van der Waals surface area contributed by atoms with Gasteiger partial charge in [0.15, 0.2) is 12.3 Å². The number of esters is 2. The van der Waals surface area contributed by atoms with E-state index >= 15 is 0 Å². The SMILES string of the molecule is CC/C=C\C(O)C/C=C/C=C\C/C=C\C/C=C\CCCC(=O)OC[C@H](COP(=O)(O)OP(=O)(O)OC[C@H]1O[C@@H](n2ccc(N)nc2=O)[C@H](O)[C@@H]1O)OC(=O)CCC/C=C\C/C=C\C/C=C\C/C=C\CCCCC. The largest absolute Gasteiger partial charge is 0.481 e. The summed E-state index contributed by atoms with van der Waals surface area (Å²) in [7, 11) is -10.9. The number of aliphatic hydroxyl groups excluding tert-OH is 3. The van der Waals surface area contributed by atoms with E-state index in [1.807, 2.05) is 79.8 Å². The average molecular weight is 1060 g/mol. The fraction of sp³-hybridized carbons (Fsp3) is 0.538. The van der Waals surface area contributed by atoms with Gasteiger partial charge in [0.1, 0.15) is 30.7 Å². The zero-order valence-electron chi connectivity index (χ0n) is 42.2. The molecular weight excluding hydrogens is 985 g/mol. The molecule has 0 amide bonds. The molecule has 0 saturated carbocycles. The number of aromatic nitrogens is 2. The van der Waals surface area contributed by atoms with Crippen LogP contribution in [0.4, 0.5) is 5.82 Å². The van der Waals surface area contributed by atoms with Crippen LogP contribution in [0.1, 0.15) is 129 Å². The van der Waals surface area contributed by atoms with Gasteiger partial charge in [-0.05, 0) is 89.5 Å². The van der Waals surface area contributed by atoms with Crippen molar-refractivity contribution < 1.29 is 71.4 Å². The summed E-state index contributed by atoms with van der Waals surface area (Å²) in [6.07, 6.45) is 41.0. The lowest BCUT2D eigenvalue weighted by Crippen LogP contribution is -2.36. The van der Waals surface area contributed by atoms with Crippen molar-refractivity contribution in [1.82, 2.24) is 9.55 Å². The first-order valence-electron chi connectivity index (χ1n) is 25.0. The van der Waals surface area contributed by atoms with Gasteiger partial charge < -0.3 is 45.1 Å². The third-order valence-electron chi connectivity index (χ3n) is 10.4. The number of unbranched alkanes of at least 4 members (excludes halogenated alkanes) is 5. The van der Waals surface area contributed by atoms with Crippen molar-refractivity contribution in [3.63, 3.8) is 0 Å². The van der Waals surface area contributed by atoms with Crippen molar-refractivity contribution in [2.75, 3.05) is 25.6 Å². The smallest absolute Gasteiger partial charge is 0.462 e. The monoisotopic (exact) mass is 1060 g/mol. The zero-order chi connectivity index (χ0) is 53.6. The molecule has 0 aliphatic carbocycles. The molecule has 0 radical (unpaired) electrons. The van der Waals surface area contributed by atoms with E-state index in [1.54, 1.807) is 6.08 Å². The number of phosphoric acid groups is 2. The number of phosphoric ester groups is 2. The van der Waals surface area contributed by atoms with Crippen LogP contribution in [-0.2, 0) is 46.3 Å². The Balaban J connectivity index is 1.87. The van der Waals surface area contributed by atoms with Gasteiger partial charge in [0.2, 0.25) is 0 Å². The zero-order valence-corrected chi connectivity index (χ0v) is 44.0. The first kappa shape index (κ1) is 64.5. The second-order valence-electron chi connectivity index (χ2n) is 16.8. The van der Waals surface area contributed by atoms with Gasteiger partial charge in [-0.2, -0.15) is 9.29 Å². The Kier molecular flexibility index (Phi) is 34.4. The molecule has 8 atom stereocenters. The Hall–Kier alpha value is -4.62. The van der Waals surface area contributed by atoms with Crippen LogP contribution in [0.25, 0.3) is 0 Å². The average Bonchev–Trinajstić information content (AvgIpc) is 3.62. The van der Waals surface area contributed by atoms with Gasteiger partial charge in [-0.3, -0.25) is 23.2 Å². The molecule has 3 unspecified atom stereocenters. The number of nitrogen functional groups attached to an aromatic ring is 1. The predicted octanol–water partition coefficient (Wildman–Crippen LogP) is 9.19. The van der Waals surface area contributed by atoms with E-state index in [9.17, 15) is 48.6 Å². The van der Waals surface area contributed by atoms with Crippen molar-refractivity contribution in [2.45, 2.75) is 160 Å². The minimum Gasteiger partial charge on any atom is -0.462 e. The normalized spacial score (nSPS) is 20.3. The lowest BCUT2D eigenvalue weighted by molar-refractivity contribution is -0.161. The molecule has 21 heteroatoms. The molecule has 0 bridgehead atoms. The number of hydrogen-bond acceptors (Lipinski definition) is 16. The predicted molar refractivity (Wildman–Crippen MR) is 280 cm³/mol. The molecular formula is C52H79N3O16P2. The van der Waals surface area contributed by atoms with E-state index < -0.39 is 89.8 Å². The molecule has 408 valence electrons. The molecule has 7 N–H and O–H groups in total. The molecule has 1 fully saturated rings.